The van der Waals surface area contributed by atoms with E-state index in [1.54, 1.807) is 0 Å². The molecule has 0 amide bonds. The van der Waals surface area contributed by atoms with Crippen LogP contribution in [0.15, 0.2) is 36.4 Å². The molecular formula is C16H14O2. The summed E-state index contributed by atoms with van der Waals surface area (Å²) in [5.41, 5.74) is 2.11. The highest BCUT2D eigenvalue weighted by atomic mass is 16.3. The van der Waals surface area contributed by atoms with Gasteiger partial charge in [0.1, 0.15) is 0 Å². The largest absolute Gasteiger partial charge is 0.504 e. The van der Waals surface area contributed by atoms with Gasteiger partial charge in [0.05, 0.1) is 0 Å². The molecule has 3 rings (SSSR count). The summed E-state index contributed by atoms with van der Waals surface area (Å²) in [5, 5.41) is 23.7. The first kappa shape index (κ1) is 10.9. The summed E-state index contributed by atoms with van der Waals surface area (Å²) in [5.74, 6) is -0.0586. The molecule has 90 valence electrons. The van der Waals surface area contributed by atoms with Crippen molar-refractivity contribution in [1.82, 2.24) is 0 Å². The maximum atomic E-state index is 10.2. The molecule has 0 spiro atoms. The average Bonchev–Trinajstić information content (AvgIpc) is 2.39. The zero-order valence-electron chi connectivity index (χ0n) is 10.4. The molecule has 0 aromatic heterocycles. The average molecular weight is 238 g/mol. The number of aryl methyl sites for hydroxylation is 2. The molecule has 0 unspecified atom stereocenters. The minimum Gasteiger partial charge on any atom is -0.504 e. The second-order valence-corrected chi connectivity index (χ2v) is 4.67. The molecule has 3 aromatic carbocycles. The van der Waals surface area contributed by atoms with Gasteiger partial charge in [-0.05, 0) is 35.7 Å². The van der Waals surface area contributed by atoms with Gasteiger partial charge in [0.15, 0.2) is 11.5 Å². The van der Waals surface area contributed by atoms with Crippen LogP contribution in [0.25, 0.3) is 21.5 Å². The molecule has 0 aliphatic carbocycles. The van der Waals surface area contributed by atoms with Crippen LogP contribution in [-0.4, -0.2) is 10.2 Å². The van der Waals surface area contributed by atoms with Crippen LogP contribution in [-0.2, 0) is 0 Å². The number of hydrogen-bond acceptors (Lipinski definition) is 2. The Labute approximate surface area is 105 Å². The number of aromatic hydroxyl groups is 2. The Kier molecular flexibility index (Phi) is 2.20. The highest BCUT2D eigenvalue weighted by Gasteiger charge is 2.14. The van der Waals surface area contributed by atoms with Crippen molar-refractivity contribution >= 4 is 21.5 Å². The first-order valence-corrected chi connectivity index (χ1v) is 5.94. The quantitative estimate of drug-likeness (QED) is 0.458. The minimum atomic E-state index is -0.0354. The Balaban J connectivity index is 2.69. The standard InChI is InChI=1S/C16H14O2/c1-9-7-8-12-11-5-3-4-6-13(11)15(17)16(18)14(12)10(9)2/h3-8,17-18H,1-2H3. The lowest BCUT2D eigenvalue weighted by Gasteiger charge is -2.12. The van der Waals surface area contributed by atoms with Crippen LogP contribution >= 0.6 is 0 Å². The Bertz CT molecular complexity index is 773. The zero-order chi connectivity index (χ0) is 12.9. The minimum absolute atomic E-state index is 0.0232. The number of benzene rings is 3. The summed E-state index contributed by atoms with van der Waals surface area (Å²) in [6.07, 6.45) is 0. The number of phenols is 2. The summed E-state index contributed by atoms with van der Waals surface area (Å²) in [7, 11) is 0. The second-order valence-electron chi connectivity index (χ2n) is 4.67. The van der Waals surface area contributed by atoms with Crippen molar-refractivity contribution in [2.24, 2.45) is 0 Å². The van der Waals surface area contributed by atoms with Crippen molar-refractivity contribution in [3.63, 3.8) is 0 Å². The molecule has 0 saturated carbocycles. The Morgan fingerprint density at radius 1 is 0.722 bits per heavy atom. The van der Waals surface area contributed by atoms with Gasteiger partial charge >= 0.3 is 0 Å². The number of rotatable bonds is 0. The summed E-state index contributed by atoms with van der Waals surface area (Å²) in [4.78, 5) is 0. The first-order chi connectivity index (χ1) is 8.61. The normalized spacial score (nSPS) is 11.2. The van der Waals surface area contributed by atoms with Gasteiger partial charge in [0.2, 0.25) is 0 Å². The maximum absolute atomic E-state index is 10.2. The molecular weight excluding hydrogens is 224 g/mol. The van der Waals surface area contributed by atoms with Crippen LogP contribution in [0.4, 0.5) is 0 Å². The van der Waals surface area contributed by atoms with Crippen molar-refractivity contribution in [2.45, 2.75) is 13.8 Å². The van der Waals surface area contributed by atoms with Crippen molar-refractivity contribution in [3.05, 3.63) is 47.5 Å². The molecule has 0 atom stereocenters. The molecule has 0 saturated heterocycles. The maximum Gasteiger partial charge on any atom is 0.166 e. The third-order valence-corrected chi connectivity index (χ3v) is 3.67. The fourth-order valence-corrected chi connectivity index (χ4v) is 2.52. The lowest BCUT2D eigenvalue weighted by atomic mass is 9.94. The molecule has 0 heterocycles. The van der Waals surface area contributed by atoms with E-state index in [1.165, 1.54) is 0 Å². The third-order valence-electron chi connectivity index (χ3n) is 3.67. The molecule has 2 heteroatoms. The molecule has 0 aliphatic rings. The smallest absolute Gasteiger partial charge is 0.166 e. The van der Waals surface area contributed by atoms with Gasteiger partial charge in [-0.25, -0.2) is 0 Å². The van der Waals surface area contributed by atoms with Gasteiger partial charge in [0.25, 0.3) is 0 Å². The van der Waals surface area contributed by atoms with Crippen LogP contribution < -0.4 is 0 Å². The number of phenolic OH excluding ortho intramolecular Hbond substituents is 2. The third kappa shape index (κ3) is 1.29. The highest BCUT2D eigenvalue weighted by Crippen LogP contribution is 2.43. The van der Waals surface area contributed by atoms with E-state index in [4.69, 9.17) is 0 Å². The lowest BCUT2D eigenvalue weighted by molar-refractivity contribution is 0.412. The van der Waals surface area contributed by atoms with Crippen molar-refractivity contribution < 1.29 is 10.2 Å². The van der Waals surface area contributed by atoms with Crippen LogP contribution in [0.1, 0.15) is 11.1 Å². The van der Waals surface area contributed by atoms with E-state index in [9.17, 15) is 10.2 Å². The highest BCUT2D eigenvalue weighted by molar-refractivity contribution is 6.14. The topological polar surface area (TPSA) is 40.5 Å². The second kappa shape index (κ2) is 3.64. The Morgan fingerprint density at radius 2 is 1.39 bits per heavy atom. The Morgan fingerprint density at radius 3 is 2.11 bits per heavy atom. The SMILES string of the molecule is Cc1ccc2c(c1C)c(O)c(O)c1ccccc12. The summed E-state index contributed by atoms with van der Waals surface area (Å²) in [6, 6.07) is 11.6. The molecule has 2 nitrogen and oxygen atoms in total. The predicted molar refractivity (Wildman–Crippen MR) is 74.3 cm³/mol. The zero-order valence-corrected chi connectivity index (χ0v) is 10.4. The molecule has 0 aliphatic heterocycles. The predicted octanol–water partition coefficient (Wildman–Crippen LogP) is 4.02. The first-order valence-electron chi connectivity index (χ1n) is 5.94. The van der Waals surface area contributed by atoms with E-state index >= 15 is 0 Å². The van der Waals surface area contributed by atoms with E-state index in [0.29, 0.717) is 5.39 Å². The van der Waals surface area contributed by atoms with Gasteiger partial charge in [0, 0.05) is 10.8 Å². The van der Waals surface area contributed by atoms with Crippen LogP contribution in [0, 0.1) is 13.8 Å². The molecule has 0 radical (unpaired) electrons. The van der Waals surface area contributed by atoms with E-state index < -0.39 is 0 Å². The molecule has 3 aromatic rings. The van der Waals surface area contributed by atoms with Crippen molar-refractivity contribution in [3.8, 4) is 11.5 Å². The Hall–Kier alpha value is -2.22. The van der Waals surface area contributed by atoms with Gasteiger partial charge in [-0.3, -0.25) is 0 Å². The van der Waals surface area contributed by atoms with E-state index in [0.717, 1.165) is 27.3 Å². The summed E-state index contributed by atoms with van der Waals surface area (Å²) in [6.45, 7) is 3.96. The van der Waals surface area contributed by atoms with Crippen LogP contribution in [0.2, 0.25) is 0 Å². The van der Waals surface area contributed by atoms with E-state index in [-0.39, 0.29) is 11.5 Å². The summed E-state index contributed by atoms with van der Waals surface area (Å²) >= 11 is 0. The molecule has 2 N–H and O–H groups in total. The summed E-state index contributed by atoms with van der Waals surface area (Å²) < 4.78 is 0. The van der Waals surface area contributed by atoms with Gasteiger partial charge < -0.3 is 10.2 Å². The molecule has 0 bridgehead atoms. The van der Waals surface area contributed by atoms with E-state index in [2.05, 4.69) is 0 Å². The molecule has 18 heavy (non-hydrogen) atoms. The lowest BCUT2D eigenvalue weighted by Crippen LogP contribution is -1.87. The van der Waals surface area contributed by atoms with Crippen molar-refractivity contribution in [2.75, 3.05) is 0 Å². The van der Waals surface area contributed by atoms with E-state index in [1.807, 2.05) is 50.2 Å². The fourth-order valence-electron chi connectivity index (χ4n) is 2.52. The van der Waals surface area contributed by atoms with Crippen LogP contribution in [0.3, 0.4) is 0 Å². The van der Waals surface area contributed by atoms with Gasteiger partial charge in [-0.1, -0.05) is 36.4 Å². The van der Waals surface area contributed by atoms with Crippen LogP contribution in [0.5, 0.6) is 11.5 Å². The number of fused-ring (bicyclic) bond motifs is 3. The van der Waals surface area contributed by atoms with Gasteiger partial charge in [-0.2, -0.15) is 0 Å². The number of hydrogen-bond donors (Lipinski definition) is 2. The monoisotopic (exact) mass is 238 g/mol. The van der Waals surface area contributed by atoms with Crippen molar-refractivity contribution in [1.29, 1.82) is 0 Å². The fraction of sp³-hybridized carbons (Fsp3) is 0.125. The molecule has 0 fully saturated rings. The van der Waals surface area contributed by atoms with Gasteiger partial charge in [-0.15, -0.1) is 0 Å².